The van der Waals surface area contributed by atoms with Crippen LogP contribution in [0.2, 0.25) is 0 Å². The summed E-state index contributed by atoms with van der Waals surface area (Å²) < 4.78 is 10.7. The summed E-state index contributed by atoms with van der Waals surface area (Å²) in [6.07, 6.45) is 2.26. The summed E-state index contributed by atoms with van der Waals surface area (Å²) in [5, 5.41) is 6.94. The minimum atomic E-state index is -0.176. The monoisotopic (exact) mass is 341 g/mol. The molecule has 1 aromatic carbocycles. The average molecular weight is 341 g/mol. The van der Waals surface area contributed by atoms with Crippen molar-refractivity contribution in [2.24, 2.45) is 0 Å². The molecule has 2 fully saturated rings. The van der Waals surface area contributed by atoms with E-state index in [-0.39, 0.29) is 11.9 Å². The van der Waals surface area contributed by atoms with E-state index in [1.165, 1.54) is 5.56 Å². The molecular formula is C19H23N3O3. The molecule has 1 aliphatic heterocycles. The molecule has 6 nitrogen and oxygen atoms in total. The van der Waals surface area contributed by atoms with Crippen molar-refractivity contribution >= 4 is 5.91 Å². The molecule has 0 unspecified atom stereocenters. The lowest BCUT2D eigenvalue weighted by molar-refractivity contribution is 0.0162. The van der Waals surface area contributed by atoms with Crippen LogP contribution in [0.1, 0.15) is 46.6 Å². The summed E-state index contributed by atoms with van der Waals surface area (Å²) in [5.41, 5.74) is 1.57. The van der Waals surface area contributed by atoms with E-state index < -0.39 is 0 Å². The minimum Gasteiger partial charge on any atom is -0.379 e. The Bertz CT molecular complexity index is 706. The Balaban J connectivity index is 1.43. The third-order valence-electron chi connectivity index (χ3n) is 4.87. The van der Waals surface area contributed by atoms with Crippen molar-refractivity contribution in [3.05, 3.63) is 53.4 Å². The van der Waals surface area contributed by atoms with Crippen LogP contribution in [0.25, 0.3) is 0 Å². The second-order valence-electron chi connectivity index (χ2n) is 6.67. The van der Waals surface area contributed by atoms with Crippen LogP contribution >= 0.6 is 0 Å². The van der Waals surface area contributed by atoms with Crippen LogP contribution < -0.4 is 5.32 Å². The molecule has 2 aliphatic rings. The molecule has 0 bridgehead atoms. The predicted molar refractivity (Wildman–Crippen MR) is 92.4 cm³/mol. The first-order chi connectivity index (χ1) is 12.3. The summed E-state index contributed by atoms with van der Waals surface area (Å²) >= 11 is 0. The predicted octanol–water partition coefficient (Wildman–Crippen LogP) is 2.36. The van der Waals surface area contributed by atoms with Crippen LogP contribution in [0, 0.1) is 0 Å². The maximum Gasteiger partial charge on any atom is 0.273 e. The van der Waals surface area contributed by atoms with E-state index in [0.29, 0.717) is 18.2 Å². The summed E-state index contributed by atoms with van der Waals surface area (Å²) in [5.74, 6) is 1.11. The van der Waals surface area contributed by atoms with E-state index in [2.05, 4.69) is 27.5 Å². The maximum absolute atomic E-state index is 12.4. The van der Waals surface area contributed by atoms with Gasteiger partial charge in [0.05, 0.1) is 19.3 Å². The summed E-state index contributed by atoms with van der Waals surface area (Å²) in [7, 11) is 0. The van der Waals surface area contributed by atoms with Crippen LogP contribution in [0.5, 0.6) is 0 Å². The van der Waals surface area contributed by atoms with E-state index in [1.54, 1.807) is 6.07 Å². The highest BCUT2D eigenvalue weighted by molar-refractivity contribution is 5.92. The fraction of sp³-hybridized carbons (Fsp3) is 0.474. The Kier molecular flexibility index (Phi) is 4.81. The normalized spacial score (nSPS) is 19.5. The van der Waals surface area contributed by atoms with Crippen molar-refractivity contribution in [2.45, 2.75) is 24.8 Å². The zero-order valence-corrected chi connectivity index (χ0v) is 14.2. The summed E-state index contributed by atoms with van der Waals surface area (Å²) in [4.78, 5) is 14.8. The van der Waals surface area contributed by atoms with Crippen LogP contribution in [0.4, 0.5) is 0 Å². The highest BCUT2D eigenvalue weighted by Gasteiger charge is 2.29. The highest BCUT2D eigenvalue weighted by Crippen LogP contribution is 2.40. The van der Waals surface area contributed by atoms with Gasteiger partial charge in [0.25, 0.3) is 5.91 Å². The number of ether oxygens (including phenoxy) is 1. The van der Waals surface area contributed by atoms with Gasteiger partial charge in [0, 0.05) is 31.6 Å². The number of benzene rings is 1. The van der Waals surface area contributed by atoms with Gasteiger partial charge >= 0.3 is 0 Å². The molecule has 1 saturated heterocycles. The summed E-state index contributed by atoms with van der Waals surface area (Å²) in [6, 6.07) is 12.2. The maximum atomic E-state index is 12.4. The second-order valence-corrected chi connectivity index (χ2v) is 6.67. The van der Waals surface area contributed by atoms with Crippen LogP contribution in [0.15, 0.2) is 40.9 Å². The van der Waals surface area contributed by atoms with Gasteiger partial charge in [-0.25, -0.2) is 0 Å². The van der Waals surface area contributed by atoms with E-state index in [4.69, 9.17) is 9.26 Å². The van der Waals surface area contributed by atoms with Gasteiger partial charge < -0.3 is 14.6 Å². The van der Waals surface area contributed by atoms with Gasteiger partial charge in [0.15, 0.2) is 5.69 Å². The van der Waals surface area contributed by atoms with Gasteiger partial charge in [-0.3, -0.25) is 9.69 Å². The standard InChI is InChI=1S/C19H23N3O3/c23-19(16-12-18(25-21-16)15-6-7-15)20-13-17(14-4-2-1-3-5-14)22-8-10-24-11-9-22/h1-5,12,15,17H,6-11,13H2,(H,20,23)/t17-/m1/s1. The Morgan fingerprint density at radius 1 is 1.24 bits per heavy atom. The molecule has 25 heavy (non-hydrogen) atoms. The fourth-order valence-electron chi connectivity index (χ4n) is 3.26. The molecule has 2 aromatic rings. The Morgan fingerprint density at radius 3 is 2.72 bits per heavy atom. The highest BCUT2D eigenvalue weighted by atomic mass is 16.5. The molecule has 0 spiro atoms. The second kappa shape index (κ2) is 7.37. The first-order valence-electron chi connectivity index (χ1n) is 8.93. The lowest BCUT2D eigenvalue weighted by Crippen LogP contribution is -2.43. The van der Waals surface area contributed by atoms with Gasteiger partial charge in [-0.05, 0) is 18.4 Å². The number of nitrogens with zero attached hydrogens (tertiary/aromatic N) is 2. The van der Waals surface area contributed by atoms with Gasteiger partial charge in [-0.15, -0.1) is 0 Å². The summed E-state index contributed by atoms with van der Waals surface area (Å²) in [6.45, 7) is 3.72. The molecule has 2 heterocycles. The molecule has 1 atom stereocenters. The van der Waals surface area contributed by atoms with E-state index >= 15 is 0 Å². The number of carbonyl (C=O) groups excluding carboxylic acids is 1. The fourth-order valence-corrected chi connectivity index (χ4v) is 3.26. The smallest absolute Gasteiger partial charge is 0.273 e. The first kappa shape index (κ1) is 16.3. The van der Waals surface area contributed by atoms with Crippen molar-refractivity contribution in [1.82, 2.24) is 15.4 Å². The first-order valence-corrected chi connectivity index (χ1v) is 8.93. The number of hydrogen-bond donors (Lipinski definition) is 1. The molecule has 1 N–H and O–H groups in total. The average Bonchev–Trinajstić information content (AvgIpc) is 3.40. The van der Waals surface area contributed by atoms with Gasteiger partial charge in [0.2, 0.25) is 0 Å². The van der Waals surface area contributed by atoms with Crippen LogP contribution in [-0.2, 0) is 4.74 Å². The number of aromatic nitrogens is 1. The molecule has 132 valence electrons. The molecule has 6 heteroatoms. The van der Waals surface area contributed by atoms with Gasteiger partial charge in [-0.2, -0.15) is 0 Å². The number of carbonyl (C=O) groups is 1. The Labute approximate surface area is 147 Å². The number of amides is 1. The molecule has 1 aromatic heterocycles. The number of rotatable bonds is 6. The zero-order chi connectivity index (χ0) is 17.1. The van der Waals surface area contributed by atoms with Crippen molar-refractivity contribution < 1.29 is 14.1 Å². The topological polar surface area (TPSA) is 67.6 Å². The van der Waals surface area contributed by atoms with Crippen LogP contribution in [-0.4, -0.2) is 48.8 Å². The van der Waals surface area contributed by atoms with Crippen LogP contribution in [0.3, 0.4) is 0 Å². The number of hydrogen-bond acceptors (Lipinski definition) is 5. The Hall–Kier alpha value is -2.18. The van der Waals surface area contributed by atoms with Crippen molar-refractivity contribution in [2.75, 3.05) is 32.8 Å². The number of nitrogens with one attached hydrogen (secondary N) is 1. The van der Waals surface area contributed by atoms with Gasteiger partial charge in [0.1, 0.15) is 5.76 Å². The SMILES string of the molecule is O=C(NC[C@H](c1ccccc1)N1CCOCC1)c1cc(C2CC2)on1. The van der Waals surface area contributed by atoms with E-state index in [0.717, 1.165) is 44.9 Å². The lowest BCUT2D eigenvalue weighted by Gasteiger charge is -2.34. The van der Waals surface area contributed by atoms with Crippen molar-refractivity contribution in [1.29, 1.82) is 0 Å². The van der Waals surface area contributed by atoms with E-state index in [9.17, 15) is 4.79 Å². The van der Waals surface area contributed by atoms with Crippen molar-refractivity contribution in [3.63, 3.8) is 0 Å². The Morgan fingerprint density at radius 2 is 2.00 bits per heavy atom. The molecule has 4 rings (SSSR count). The zero-order valence-electron chi connectivity index (χ0n) is 14.2. The van der Waals surface area contributed by atoms with Crippen molar-refractivity contribution in [3.8, 4) is 0 Å². The largest absolute Gasteiger partial charge is 0.379 e. The lowest BCUT2D eigenvalue weighted by atomic mass is 10.0. The molecule has 0 radical (unpaired) electrons. The molecule has 1 aliphatic carbocycles. The molecule has 1 saturated carbocycles. The third-order valence-corrected chi connectivity index (χ3v) is 4.87. The minimum absolute atomic E-state index is 0.129. The number of morpholine rings is 1. The van der Waals surface area contributed by atoms with Gasteiger partial charge in [-0.1, -0.05) is 35.5 Å². The quantitative estimate of drug-likeness (QED) is 0.874. The molecular weight excluding hydrogens is 318 g/mol. The molecule has 1 amide bonds. The van der Waals surface area contributed by atoms with E-state index in [1.807, 2.05) is 18.2 Å². The third kappa shape index (κ3) is 3.91.